The Morgan fingerprint density at radius 2 is 1.94 bits per heavy atom. The van der Waals surface area contributed by atoms with Crippen molar-refractivity contribution in [3.63, 3.8) is 0 Å². The van der Waals surface area contributed by atoms with Gasteiger partial charge in [0, 0.05) is 6.07 Å². The number of hydrogen-bond acceptors (Lipinski definition) is 3. The molecule has 0 saturated heterocycles. The fourth-order valence-corrected chi connectivity index (χ4v) is 1.57. The third kappa shape index (κ3) is 2.53. The first-order valence-electron chi connectivity index (χ1n) is 5.26. The van der Waals surface area contributed by atoms with Gasteiger partial charge in [0.15, 0.2) is 11.6 Å². The fourth-order valence-electron chi connectivity index (χ4n) is 1.57. The summed E-state index contributed by atoms with van der Waals surface area (Å²) in [7, 11) is 0. The van der Waals surface area contributed by atoms with Crippen LogP contribution in [0.3, 0.4) is 0 Å². The normalized spacial score (nSPS) is 14.8. The van der Waals surface area contributed by atoms with Crippen LogP contribution in [-0.4, -0.2) is 4.92 Å². The molecular weight excluding hydrogens is 244 g/mol. The van der Waals surface area contributed by atoms with Crippen LogP contribution in [0.25, 0.3) is 0 Å². The number of allylic oxidation sites excluding steroid dienone is 2. The first-order chi connectivity index (χ1) is 8.58. The Hall–Kier alpha value is -2.24. The Morgan fingerprint density at radius 1 is 1.22 bits per heavy atom. The third-order valence-electron chi connectivity index (χ3n) is 2.40. The van der Waals surface area contributed by atoms with Gasteiger partial charge in [-0.25, -0.2) is 8.78 Å². The number of ether oxygens (including phenoxy) is 1. The molecule has 1 aromatic carbocycles. The monoisotopic (exact) mass is 253 g/mol. The minimum atomic E-state index is -0.899. The van der Waals surface area contributed by atoms with Crippen molar-refractivity contribution in [3.05, 3.63) is 63.6 Å². The lowest BCUT2D eigenvalue weighted by molar-refractivity contribution is -0.423. The van der Waals surface area contributed by atoms with E-state index in [1.807, 2.05) is 0 Å². The van der Waals surface area contributed by atoms with Gasteiger partial charge in [0.2, 0.25) is 5.76 Å². The molecule has 0 amide bonds. The van der Waals surface area contributed by atoms with Gasteiger partial charge in [-0.05, 0) is 37.1 Å². The van der Waals surface area contributed by atoms with Crippen molar-refractivity contribution in [2.24, 2.45) is 0 Å². The van der Waals surface area contributed by atoms with Crippen LogP contribution in [0, 0.1) is 21.7 Å². The molecule has 4 nitrogen and oxygen atoms in total. The average molecular weight is 253 g/mol. The van der Waals surface area contributed by atoms with Gasteiger partial charge in [-0.15, -0.1) is 0 Å². The lowest BCUT2D eigenvalue weighted by Crippen LogP contribution is -2.10. The minimum absolute atomic E-state index is 0.0169. The molecule has 1 aliphatic carbocycles. The highest BCUT2D eigenvalue weighted by atomic mass is 19.1. The maximum atomic E-state index is 13.4. The fraction of sp³-hybridized carbons (Fsp3) is 0.167. The van der Waals surface area contributed by atoms with E-state index in [4.69, 9.17) is 4.74 Å². The summed E-state index contributed by atoms with van der Waals surface area (Å²) < 4.78 is 31.2. The molecule has 0 bridgehead atoms. The molecule has 2 rings (SSSR count). The molecule has 0 N–H and O–H groups in total. The molecule has 0 aliphatic heterocycles. The number of benzene rings is 1. The van der Waals surface area contributed by atoms with E-state index in [1.54, 1.807) is 0 Å². The average Bonchev–Trinajstić information content (AvgIpc) is 2.33. The molecule has 1 aliphatic rings. The zero-order chi connectivity index (χ0) is 13.1. The smallest absolute Gasteiger partial charge is 0.307 e. The second-order valence-corrected chi connectivity index (χ2v) is 3.67. The van der Waals surface area contributed by atoms with Gasteiger partial charge >= 0.3 is 5.70 Å². The summed E-state index contributed by atoms with van der Waals surface area (Å²) in [6.45, 7) is 0. The molecule has 0 aromatic heterocycles. The van der Waals surface area contributed by atoms with Gasteiger partial charge in [-0.3, -0.25) is 10.1 Å². The lowest BCUT2D eigenvalue weighted by atomic mass is 10.1. The van der Waals surface area contributed by atoms with E-state index in [0.717, 1.165) is 12.1 Å². The molecule has 0 saturated carbocycles. The van der Waals surface area contributed by atoms with E-state index >= 15 is 0 Å². The quantitative estimate of drug-likeness (QED) is 0.614. The molecule has 0 radical (unpaired) electrons. The maximum Gasteiger partial charge on any atom is 0.307 e. The molecule has 6 heteroatoms. The molecule has 0 fully saturated rings. The number of rotatable bonds is 3. The van der Waals surface area contributed by atoms with Crippen molar-refractivity contribution in [2.45, 2.75) is 12.8 Å². The second-order valence-electron chi connectivity index (χ2n) is 3.67. The molecule has 0 heterocycles. The number of halogens is 2. The molecular formula is C12H9F2NO3. The number of hydrogen-bond donors (Lipinski definition) is 0. The van der Waals surface area contributed by atoms with Crippen LogP contribution in [0.5, 0.6) is 5.75 Å². The molecule has 1 aromatic rings. The second kappa shape index (κ2) is 4.95. The summed E-state index contributed by atoms with van der Waals surface area (Å²) in [6, 6.07) is 2.78. The van der Waals surface area contributed by atoms with Gasteiger partial charge in [-0.1, -0.05) is 0 Å². The van der Waals surface area contributed by atoms with Crippen molar-refractivity contribution < 1.29 is 18.4 Å². The van der Waals surface area contributed by atoms with Crippen LogP contribution in [0.4, 0.5) is 8.78 Å². The van der Waals surface area contributed by atoms with Crippen LogP contribution in [0.1, 0.15) is 12.8 Å². The molecule has 18 heavy (non-hydrogen) atoms. The van der Waals surface area contributed by atoms with Crippen LogP contribution in [0.2, 0.25) is 0 Å². The molecule has 0 atom stereocenters. The lowest BCUT2D eigenvalue weighted by Gasteiger charge is -2.11. The molecule has 94 valence electrons. The summed E-state index contributed by atoms with van der Waals surface area (Å²) in [5.41, 5.74) is -0.204. The van der Waals surface area contributed by atoms with Crippen LogP contribution in [0.15, 0.2) is 41.8 Å². The topological polar surface area (TPSA) is 52.4 Å². The van der Waals surface area contributed by atoms with Crippen molar-refractivity contribution in [3.8, 4) is 5.75 Å². The zero-order valence-electron chi connectivity index (χ0n) is 9.23. The van der Waals surface area contributed by atoms with Crippen molar-refractivity contribution in [1.82, 2.24) is 0 Å². The van der Waals surface area contributed by atoms with Crippen molar-refractivity contribution in [2.75, 3.05) is 0 Å². The van der Waals surface area contributed by atoms with Gasteiger partial charge in [0.05, 0.1) is 4.92 Å². The SMILES string of the molecule is O=[N+]([O-])C1=CCCC=C1Oc1ccc(F)cc1F. The maximum absolute atomic E-state index is 13.4. The zero-order valence-corrected chi connectivity index (χ0v) is 9.23. The van der Waals surface area contributed by atoms with Gasteiger partial charge in [-0.2, -0.15) is 0 Å². The summed E-state index contributed by atoms with van der Waals surface area (Å²) in [4.78, 5) is 10.2. The van der Waals surface area contributed by atoms with Gasteiger partial charge < -0.3 is 4.74 Å². The highest BCUT2D eigenvalue weighted by Gasteiger charge is 2.23. The molecule has 0 unspecified atom stereocenters. The highest BCUT2D eigenvalue weighted by Crippen LogP contribution is 2.26. The molecule has 0 spiro atoms. The van der Waals surface area contributed by atoms with E-state index in [9.17, 15) is 18.9 Å². The minimum Gasteiger partial charge on any atom is -0.447 e. The summed E-state index contributed by atoms with van der Waals surface area (Å²) >= 11 is 0. The Morgan fingerprint density at radius 3 is 2.61 bits per heavy atom. The van der Waals surface area contributed by atoms with Crippen LogP contribution < -0.4 is 4.74 Å². The summed E-state index contributed by atoms with van der Waals surface area (Å²) in [6.07, 6.45) is 4.04. The summed E-state index contributed by atoms with van der Waals surface area (Å²) in [5, 5.41) is 10.8. The number of nitrogens with zero attached hydrogens (tertiary/aromatic N) is 1. The van der Waals surface area contributed by atoms with Crippen molar-refractivity contribution >= 4 is 0 Å². The Labute approximate surface area is 101 Å². The third-order valence-corrected chi connectivity index (χ3v) is 2.40. The van der Waals surface area contributed by atoms with E-state index in [0.29, 0.717) is 18.9 Å². The van der Waals surface area contributed by atoms with E-state index in [2.05, 4.69) is 0 Å². The van der Waals surface area contributed by atoms with Gasteiger partial charge in [0.1, 0.15) is 5.82 Å². The van der Waals surface area contributed by atoms with Crippen LogP contribution in [-0.2, 0) is 0 Å². The largest absolute Gasteiger partial charge is 0.447 e. The standard InChI is InChI=1S/C12H9F2NO3/c13-8-5-6-11(9(14)7-8)18-12-4-2-1-3-10(12)15(16)17/h3-7H,1-2H2. The van der Waals surface area contributed by atoms with Gasteiger partial charge in [0.25, 0.3) is 0 Å². The first-order valence-corrected chi connectivity index (χ1v) is 5.26. The summed E-state index contributed by atoms with van der Waals surface area (Å²) in [5.74, 6) is -1.89. The Balaban J connectivity index is 2.25. The van der Waals surface area contributed by atoms with E-state index < -0.39 is 16.6 Å². The predicted molar refractivity (Wildman–Crippen MR) is 59.4 cm³/mol. The van der Waals surface area contributed by atoms with Crippen LogP contribution >= 0.6 is 0 Å². The Bertz CT molecular complexity index is 552. The van der Waals surface area contributed by atoms with E-state index in [-0.39, 0.29) is 17.2 Å². The van der Waals surface area contributed by atoms with E-state index in [1.165, 1.54) is 12.2 Å². The van der Waals surface area contributed by atoms with Crippen molar-refractivity contribution in [1.29, 1.82) is 0 Å². The Kier molecular flexibility index (Phi) is 3.36. The highest BCUT2D eigenvalue weighted by molar-refractivity contribution is 5.32. The predicted octanol–water partition coefficient (Wildman–Crippen LogP) is 3.18. The first kappa shape index (κ1) is 12.2. The number of nitro groups is 1.